The van der Waals surface area contributed by atoms with Crippen LogP contribution in [0.1, 0.15) is 31.2 Å². The highest BCUT2D eigenvalue weighted by Gasteiger charge is 2.29. The molecule has 3 N–H and O–H groups in total. The molecule has 2 unspecified atom stereocenters. The van der Waals surface area contributed by atoms with Crippen LogP contribution < -0.4 is 15.2 Å². The van der Waals surface area contributed by atoms with Gasteiger partial charge in [0.05, 0.1) is 17.0 Å². The molecular weight excluding hydrogens is 324 g/mol. The minimum absolute atomic E-state index is 0.107. The van der Waals surface area contributed by atoms with Gasteiger partial charge in [0, 0.05) is 6.04 Å². The van der Waals surface area contributed by atoms with Crippen molar-refractivity contribution in [3.8, 4) is 5.75 Å². The minimum Gasteiger partial charge on any atom is -0.495 e. The molecule has 1 aliphatic carbocycles. The number of methoxy groups -OCH3 is 1. The molecule has 1 aromatic carbocycles. The van der Waals surface area contributed by atoms with Crippen molar-refractivity contribution in [3.63, 3.8) is 0 Å². The van der Waals surface area contributed by atoms with Gasteiger partial charge in [-0.25, -0.2) is 13.1 Å². The van der Waals surface area contributed by atoms with E-state index in [-0.39, 0.29) is 21.9 Å². The summed E-state index contributed by atoms with van der Waals surface area (Å²) in [6.45, 7) is 2.23. The standard InChI is InChI=1S/C15H23ClN2O3S/c1-10-7-14(21-2)12(16)8-15(10)22(19,20)18-13-6-4-3-5-11(13)9-17/h7-8,11,13,18H,3-6,9,17H2,1-2H3. The highest BCUT2D eigenvalue weighted by atomic mass is 35.5. The first kappa shape index (κ1) is 17.5. The van der Waals surface area contributed by atoms with E-state index in [2.05, 4.69) is 4.72 Å². The Morgan fingerprint density at radius 1 is 1.36 bits per heavy atom. The van der Waals surface area contributed by atoms with Gasteiger partial charge in [0.2, 0.25) is 10.0 Å². The second-order valence-electron chi connectivity index (χ2n) is 5.76. The van der Waals surface area contributed by atoms with Crippen molar-refractivity contribution in [2.24, 2.45) is 11.7 Å². The van der Waals surface area contributed by atoms with Crippen molar-refractivity contribution in [1.29, 1.82) is 0 Å². The van der Waals surface area contributed by atoms with Crippen LogP contribution in [0.25, 0.3) is 0 Å². The summed E-state index contributed by atoms with van der Waals surface area (Å²) in [4.78, 5) is 0.194. The van der Waals surface area contributed by atoms with Crippen LogP contribution in [0.3, 0.4) is 0 Å². The maximum atomic E-state index is 12.7. The van der Waals surface area contributed by atoms with E-state index in [0.29, 0.717) is 17.9 Å². The first-order chi connectivity index (χ1) is 10.4. The van der Waals surface area contributed by atoms with E-state index in [0.717, 1.165) is 25.7 Å². The largest absolute Gasteiger partial charge is 0.495 e. The van der Waals surface area contributed by atoms with Gasteiger partial charge in [0.25, 0.3) is 0 Å². The third-order valence-corrected chi connectivity index (χ3v) is 6.18. The molecule has 1 aliphatic rings. The number of rotatable bonds is 5. The summed E-state index contributed by atoms with van der Waals surface area (Å²) in [5.41, 5.74) is 6.38. The second-order valence-corrected chi connectivity index (χ2v) is 7.85. The lowest BCUT2D eigenvalue weighted by Gasteiger charge is -2.31. The van der Waals surface area contributed by atoms with Gasteiger partial charge in [-0.2, -0.15) is 0 Å². The van der Waals surface area contributed by atoms with E-state index in [1.165, 1.54) is 13.2 Å². The number of hydrogen-bond donors (Lipinski definition) is 2. The van der Waals surface area contributed by atoms with Gasteiger partial charge in [0.15, 0.2) is 0 Å². The Kier molecular flexibility index (Phi) is 5.71. The normalized spacial score (nSPS) is 22.5. The number of aryl methyl sites for hydroxylation is 1. The zero-order valence-electron chi connectivity index (χ0n) is 12.9. The van der Waals surface area contributed by atoms with E-state index < -0.39 is 10.0 Å². The molecule has 2 atom stereocenters. The SMILES string of the molecule is COc1cc(C)c(S(=O)(=O)NC2CCCCC2CN)cc1Cl. The van der Waals surface area contributed by atoms with Gasteiger partial charge in [0.1, 0.15) is 5.75 Å². The Bertz CT molecular complexity index is 634. The molecule has 7 heteroatoms. The molecule has 0 spiro atoms. The Hall–Kier alpha value is -0.820. The lowest BCUT2D eigenvalue weighted by molar-refractivity contribution is 0.296. The first-order valence-electron chi connectivity index (χ1n) is 7.45. The molecular formula is C15H23ClN2O3S. The smallest absolute Gasteiger partial charge is 0.241 e. The average molecular weight is 347 g/mol. The van der Waals surface area contributed by atoms with E-state index in [1.807, 2.05) is 0 Å². The quantitative estimate of drug-likeness (QED) is 0.858. The lowest BCUT2D eigenvalue weighted by atomic mass is 9.85. The number of halogens is 1. The summed E-state index contributed by atoms with van der Waals surface area (Å²) in [5.74, 6) is 0.660. The predicted molar refractivity (Wildman–Crippen MR) is 87.9 cm³/mol. The van der Waals surface area contributed by atoms with Crippen molar-refractivity contribution in [3.05, 3.63) is 22.7 Å². The maximum Gasteiger partial charge on any atom is 0.241 e. The Morgan fingerprint density at radius 2 is 2.05 bits per heavy atom. The van der Waals surface area contributed by atoms with Crippen molar-refractivity contribution in [1.82, 2.24) is 4.72 Å². The van der Waals surface area contributed by atoms with E-state index in [9.17, 15) is 8.42 Å². The molecule has 0 bridgehead atoms. The molecule has 0 aliphatic heterocycles. The van der Waals surface area contributed by atoms with Gasteiger partial charge >= 0.3 is 0 Å². The maximum absolute atomic E-state index is 12.7. The molecule has 0 heterocycles. The van der Waals surface area contributed by atoms with Crippen LogP contribution in [0.5, 0.6) is 5.75 Å². The fraction of sp³-hybridized carbons (Fsp3) is 0.600. The lowest BCUT2D eigenvalue weighted by Crippen LogP contribution is -2.44. The molecule has 5 nitrogen and oxygen atoms in total. The molecule has 1 saturated carbocycles. The Labute approximate surface area is 137 Å². The van der Waals surface area contributed by atoms with Gasteiger partial charge in [-0.15, -0.1) is 0 Å². The van der Waals surface area contributed by atoms with Crippen molar-refractivity contribution >= 4 is 21.6 Å². The Morgan fingerprint density at radius 3 is 2.68 bits per heavy atom. The predicted octanol–water partition coefficient (Wildman–Crippen LogP) is 2.45. The highest BCUT2D eigenvalue weighted by Crippen LogP contribution is 2.31. The summed E-state index contributed by atoms with van der Waals surface area (Å²) in [7, 11) is -2.13. The third-order valence-electron chi connectivity index (χ3n) is 4.26. The van der Waals surface area contributed by atoms with Crippen LogP contribution in [0.2, 0.25) is 5.02 Å². The Balaban J connectivity index is 2.28. The van der Waals surface area contributed by atoms with Crippen LogP contribution in [-0.2, 0) is 10.0 Å². The second kappa shape index (κ2) is 7.17. The number of benzene rings is 1. The van der Waals surface area contributed by atoms with E-state index in [1.54, 1.807) is 13.0 Å². The van der Waals surface area contributed by atoms with Crippen LogP contribution in [0.4, 0.5) is 0 Å². The van der Waals surface area contributed by atoms with Crippen molar-refractivity contribution in [2.75, 3.05) is 13.7 Å². The topological polar surface area (TPSA) is 81.4 Å². The fourth-order valence-corrected chi connectivity index (χ4v) is 4.89. The molecule has 0 aromatic heterocycles. The molecule has 124 valence electrons. The average Bonchev–Trinajstić information content (AvgIpc) is 2.49. The summed E-state index contributed by atoms with van der Waals surface area (Å²) >= 11 is 6.07. The number of hydrogen-bond acceptors (Lipinski definition) is 4. The van der Waals surface area contributed by atoms with Crippen molar-refractivity contribution < 1.29 is 13.2 Å². The minimum atomic E-state index is -3.63. The third kappa shape index (κ3) is 3.74. The van der Waals surface area contributed by atoms with E-state index >= 15 is 0 Å². The van der Waals surface area contributed by atoms with Gasteiger partial charge in [-0.3, -0.25) is 0 Å². The number of nitrogens with one attached hydrogen (secondary N) is 1. The number of nitrogens with two attached hydrogens (primary N) is 1. The molecule has 2 rings (SSSR count). The first-order valence-corrected chi connectivity index (χ1v) is 9.31. The van der Waals surface area contributed by atoms with Crippen LogP contribution in [-0.4, -0.2) is 28.1 Å². The molecule has 0 amide bonds. The summed E-state index contributed by atoms with van der Waals surface area (Å²) < 4.78 is 33.3. The summed E-state index contributed by atoms with van der Waals surface area (Å²) in [6.07, 6.45) is 3.91. The zero-order valence-corrected chi connectivity index (χ0v) is 14.5. The monoisotopic (exact) mass is 346 g/mol. The van der Waals surface area contributed by atoms with E-state index in [4.69, 9.17) is 22.1 Å². The summed E-state index contributed by atoms with van der Waals surface area (Å²) in [6, 6.07) is 2.97. The van der Waals surface area contributed by atoms with Crippen LogP contribution in [0.15, 0.2) is 17.0 Å². The van der Waals surface area contributed by atoms with Gasteiger partial charge in [-0.1, -0.05) is 24.4 Å². The molecule has 1 aromatic rings. The molecule has 0 saturated heterocycles. The van der Waals surface area contributed by atoms with Crippen LogP contribution >= 0.6 is 11.6 Å². The van der Waals surface area contributed by atoms with Gasteiger partial charge < -0.3 is 10.5 Å². The summed E-state index contributed by atoms with van der Waals surface area (Å²) in [5, 5.41) is 0.285. The van der Waals surface area contributed by atoms with Crippen molar-refractivity contribution in [2.45, 2.75) is 43.5 Å². The molecule has 1 fully saturated rings. The number of ether oxygens (including phenoxy) is 1. The zero-order chi connectivity index (χ0) is 16.3. The van der Waals surface area contributed by atoms with Gasteiger partial charge in [-0.05, 0) is 49.9 Å². The molecule has 0 radical (unpaired) electrons. The number of sulfonamides is 1. The highest BCUT2D eigenvalue weighted by molar-refractivity contribution is 7.89. The molecule has 22 heavy (non-hydrogen) atoms. The fourth-order valence-electron chi connectivity index (χ4n) is 2.99. The van der Waals surface area contributed by atoms with Crippen LogP contribution in [0, 0.1) is 12.8 Å².